The molecule has 3 heteroatoms. The molecule has 1 saturated carbocycles. The third kappa shape index (κ3) is 2.21. The molecule has 1 aliphatic carbocycles. The van der Waals surface area contributed by atoms with Gasteiger partial charge >= 0.3 is 0 Å². The Morgan fingerprint density at radius 3 is 2.67 bits per heavy atom. The highest BCUT2D eigenvalue weighted by molar-refractivity contribution is 5.01. The zero-order valence-electron chi connectivity index (χ0n) is 11.7. The summed E-state index contributed by atoms with van der Waals surface area (Å²) >= 11 is 0. The summed E-state index contributed by atoms with van der Waals surface area (Å²) in [6.07, 6.45) is 9.19. The summed E-state index contributed by atoms with van der Waals surface area (Å²) in [6, 6.07) is 1.92. The van der Waals surface area contributed by atoms with Crippen LogP contribution in [0.1, 0.15) is 51.9 Å². The van der Waals surface area contributed by atoms with E-state index in [2.05, 4.69) is 11.8 Å². The molecule has 18 heavy (non-hydrogen) atoms. The quantitative estimate of drug-likeness (QED) is 0.777. The van der Waals surface area contributed by atoms with Gasteiger partial charge in [-0.2, -0.15) is 0 Å². The summed E-state index contributed by atoms with van der Waals surface area (Å²) in [5.74, 6) is 0. The Hall–Kier alpha value is -0.120. The van der Waals surface area contributed by atoms with Gasteiger partial charge in [0.05, 0.1) is 0 Å². The Balaban J connectivity index is 1.74. The smallest absolute Gasteiger partial charge is 0.0471 e. The summed E-state index contributed by atoms with van der Waals surface area (Å²) in [7, 11) is 0. The van der Waals surface area contributed by atoms with Gasteiger partial charge < -0.3 is 10.5 Å². The molecule has 3 unspecified atom stereocenters. The lowest BCUT2D eigenvalue weighted by Crippen LogP contribution is -2.55. The van der Waals surface area contributed by atoms with Gasteiger partial charge in [0.25, 0.3) is 0 Å². The molecule has 3 nitrogen and oxygen atoms in total. The molecule has 0 radical (unpaired) electrons. The number of nitrogens with zero attached hydrogens (tertiary/aromatic N) is 1. The average Bonchev–Trinajstić information content (AvgIpc) is 2.74. The Labute approximate surface area is 111 Å². The zero-order chi connectivity index (χ0) is 12.6. The lowest BCUT2D eigenvalue weighted by atomic mass is 9.74. The van der Waals surface area contributed by atoms with Crippen LogP contribution in [0.4, 0.5) is 0 Å². The Morgan fingerprint density at radius 2 is 1.94 bits per heavy atom. The first-order chi connectivity index (χ1) is 8.71. The fourth-order valence-corrected chi connectivity index (χ4v) is 4.69. The van der Waals surface area contributed by atoms with Crippen molar-refractivity contribution in [3.63, 3.8) is 0 Å². The van der Waals surface area contributed by atoms with Crippen molar-refractivity contribution in [1.82, 2.24) is 4.90 Å². The number of nitrogens with two attached hydrogens (primary N) is 1. The van der Waals surface area contributed by atoms with E-state index >= 15 is 0 Å². The Kier molecular flexibility index (Phi) is 3.65. The van der Waals surface area contributed by atoms with Crippen molar-refractivity contribution in [2.24, 2.45) is 11.1 Å². The van der Waals surface area contributed by atoms with Crippen LogP contribution in [0.5, 0.6) is 0 Å². The predicted octanol–water partition coefficient (Wildman–Crippen LogP) is 2.15. The molecule has 2 heterocycles. The van der Waals surface area contributed by atoms with Crippen LogP contribution in [-0.2, 0) is 4.74 Å². The van der Waals surface area contributed by atoms with Crippen LogP contribution < -0.4 is 5.73 Å². The lowest BCUT2D eigenvalue weighted by Gasteiger charge is -2.49. The molecule has 1 spiro atoms. The van der Waals surface area contributed by atoms with Crippen molar-refractivity contribution in [3.05, 3.63) is 0 Å². The van der Waals surface area contributed by atoms with E-state index in [1.54, 1.807) is 0 Å². The first-order valence-electron chi connectivity index (χ1n) is 7.80. The van der Waals surface area contributed by atoms with Gasteiger partial charge in [0.1, 0.15) is 0 Å². The minimum Gasteiger partial charge on any atom is -0.381 e. The largest absolute Gasteiger partial charge is 0.381 e. The third-order valence-corrected chi connectivity index (χ3v) is 5.72. The molecule has 3 atom stereocenters. The van der Waals surface area contributed by atoms with E-state index in [0.29, 0.717) is 17.5 Å². The highest BCUT2D eigenvalue weighted by Gasteiger charge is 2.47. The molecule has 3 aliphatic rings. The molecule has 104 valence electrons. The van der Waals surface area contributed by atoms with Gasteiger partial charge in [-0.3, -0.25) is 4.90 Å². The van der Waals surface area contributed by atoms with Crippen LogP contribution in [-0.4, -0.2) is 42.8 Å². The maximum Gasteiger partial charge on any atom is 0.0471 e. The molecule has 2 saturated heterocycles. The number of piperidine rings is 1. The highest BCUT2D eigenvalue weighted by Crippen LogP contribution is 2.49. The molecule has 0 bridgehead atoms. The topological polar surface area (TPSA) is 38.5 Å². The first kappa shape index (κ1) is 12.9. The molecule has 0 aromatic heterocycles. The Bertz CT molecular complexity index is 288. The van der Waals surface area contributed by atoms with Crippen LogP contribution in [0.25, 0.3) is 0 Å². The maximum atomic E-state index is 6.11. The second kappa shape index (κ2) is 5.10. The van der Waals surface area contributed by atoms with E-state index in [4.69, 9.17) is 10.5 Å². The fraction of sp³-hybridized carbons (Fsp3) is 1.00. The fourth-order valence-electron chi connectivity index (χ4n) is 4.69. The van der Waals surface area contributed by atoms with Crippen molar-refractivity contribution in [1.29, 1.82) is 0 Å². The molecule has 0 amide bonds. The number of hydrogen-bond acceptors (Lipinski definition) is 3. The summed E-state index contributed by atoms with van der Waals surface area (Å²) in [6.45, 7) is 5.57. The Morgan fingerprint density at radius 1 is 1.17 bits per heavy atom. The summed E-state index contributed by atoms with van der Waals surface area (Å²) in [4.78, 5) is 2.79. The lowest BCUT2D eigenvalue weighted by molar-refractivity contribution is -0.0428. The zero-order valence-corrected chi connectivity index (χ0v) is 11.7. The molecular weight excluding hydrogens is 224 g/mol. The SMILES string of the molecule is CC1CC(N)CCN1C1CCCC12CCOCC2. The molecule has 2 N–H and O–H groups in total. The van der Waals surface area contributed by atoms with Crippen LogP contribution in [0.2, 0.25) is 0 Å². The monoisotopic (exact) mass is 252 g/mol. The highest BCUT2D eigenvalue weighted by atomic mass is 16.5. The number of likely N-dealkylation sites (tertiary alicyclic amines) is 1. The van der Waals surface area contributed by atoms with Gasteiger partial charge in [0.2, 0.25) is 0 Å². The normalized spacial score (nSPS) is 41.3. The molecule has 2 aliphatic heterocycles. The van der Waals surface area contributed by atoms with E-state index in [9.17, 15) is 0 Å². The van der Waals surface area contributed by atoms with Gasteiger partial charge in [0.15, 0.2) is 0 Å². The van der Waals surface area contributed by atoms with Gasteiger partial charge in [0, 0.05) is 37.9 Å². The van der Waals surface area contributed by atoms with Gasteiger partial charge in [-0.05, 0) is 50.9 Å². The van der Waals surface area contributed by atoms with E-state index < -0.39 is 0 Å². The van der Waals surface area contributed by atoms with Crippen molar-refractivity contribution >= 4 is 0 Å². The van der Waals surface area contributed by atoms with Gasteiger partial charge in [-0.1, -0.05) is 6.42 Å². The minimum absolute atomic E-state index is 0.434. The molecule has 3 rings (SSSR count). The molecule has 0 aromatic rings. The number of hydrogen-bond donors (Lipinski definition) is 1. The van der Waals surface area contributed by atoms with Crippen LogP contribution >= 0.6 is 0 Å². The number of rotatable bonds is 1. The molecular formula is C15H28N2O. The van der Waals surface area contributed by atoms with Crippen molar-refractivity contribution in [3.8, 4) is 0 Å². The number of ether oxygens (including phenoxy) is 1. The van der Waals surface area contributed by atoms with E-state index in [1.807, 2.05) is 0 Å². The minimum atomic E-state index is 0.434. The summed E-state index contributed by atoms with van der Waals surface area (Å²) < 4.78 is 5.60. The van der Waals surface area contributed by atoms with Crippen LogP contribution in [0.3, 0.4) is 0 Å². The summed E-state index contributed by atoms with van der Waals surface area (Å²) in [5.41, 5.74) is 6.69. The van der Waals surface area contributed by atoms with E-state index in [0.717, 1.165) is 19.3 Å². The second-order valence-electron chi connectivity index (χ2n) is 6.75. The summed E-state index contributed by atoms with van der Waals surface area (Å²) in [5, 5.41) is 0. The van der Waals surface area contributed by atoms with Crippen molar-refractivity contribution in [2.45, 2.75) is 70.0 Å². The van der Waals surface area contributed by atoms with Crippen molar-refractivity contribution in [2.75, 3.05) is 19.8 Å². The van der Waals surface area contributed by atoms with Crippen molar-refractivity contribution < 1.29 is 4.74 Å². The predicted molar refractivity (Wildman–Crippen MR) is 73.5 cm³/mol. The standard InChI is InChI=1S/C15H28N2O/c1-12-11-13(16)4-8-17(12)14-3-2-5-15(14)6-9-18-10-7-15/h12-14H,2-11,16H2,1H3. The molecule has 0 aromatic carbocycles. The van der Waals surface area contributed by atoms with Crippen LogP contribution in [0.15, 0.2) is 0 Å². The van der Waals surface area contributed by atoms with Gasteiger partial charge in [-0.15, -0.1) is 0 Å². The first-order valence-corrected chi connectivity index (χ1v) is 7.80. The molecule has 3 fully saturated rings. The van der Waals surface area contributed by atoms with Gasteiger partial charge in [-0.25, -0.2) is 0 Å². The van der Waals surface area contributed by atoms with E-state index in [1.165, 1.54) is 51.5 Å². The second-order valence-corrected chi connectivity index (χ2v) is 6.75. The van der Waals surface area contributed by atoms with Crippen LogP contribution in [0, 0.1) is 5.41 Å². The third-order valence-electron chi connectivity index (χ3n) is 5.72. The average molecular weight is 252 g/mol. The van der Waals surface area contributed by atoms with E-state index in [-0.39, 0.29) is 0 Å². The maximum absolute atomic E-state index is 6.11.